The molecule has 3 nitrogen and oxygen atoms in total. The van der Waals surface area contributed by atoms with Crippen LogP contribution in [0.2, 0.25) is 0 Å². The first kappa shape index (κ1) is 12.9. The molecule has 102 valence electrons. The third-order valence-corrected chi connectivity index (χ3v) is 3.42. The second-order valence-corrected chi connectivity index (χ2v) is 4.91. The van der Waals surface area contributed by atoms with Crippen molar-refractivity contribution < 1.29 is 14.3 Å². The van der Waals surface area contributed by atoms with E-state index in [2.05, 4.69) is 0 Å². The third kappa shape index (κ3) is 2.73. The molecule has 1 aliphatic rings. The fraction of sp³-hybridized carbons (Fsp3) is 0.235. The molecule has 0 saturated carbocycles. The number of carbonyl (C=O) groups is 1. The smallest absolute Gasteiger partial charge is 0.338 e. The quantitative estimate of drug-likeness (QED) is 0.630. The number of carbonyl (C=O) groups excluding carboxylic acids is 1. The van der Waals surface area contributed by atoms with Gasteiger partial charge in [-0.15, -0.1) is 0 Å². The Labute approximate surface area is 118 Å². The minimum atomic E-state index is -0.305. The van der Waals surface area contributed by atoms with Crippen molar-refractivity contribution in [1.82, 2.24) is 0 Å². The lowest BCUT2D eigenvalue weighted by atomic mass is 10.1. The van der Waals surface area contributed by atoms with Gasteiger partial charge in [0.15, 0.2) is 0 Å². The van der Waals surface area contributed by atoms with E-state index in [0.29, 0.717) is 5.56 Å². The summed E-state index contributed by atoms with van der Waals surface area (Å²) in [6, 6.07) is 19.0. The average molecular weight is 268 g/mol. The molecule has 20 heavy (non-hydrogen) atoms. The van der Waals surface area contributed by atoms with Crippen molar-refractivity contribution in [2.24, 2.45) is 0 Å². The summed E-state index contributed by atoms with van der Waals surface area (Å²) in [5, 5.41) is 0. The van der Waals surface area contributed by atoms with E-state index in [9.17, 15) is 4.79 Å². The first-order valence-corrected chi connectivity index (χ1v) is 6.72. The van der Waals surface area contributed by atoms with Gasteiger partial charge in [0.05, 0.1) is 5.56 Å². The lowest BCUT2D eigenvalue weighted by molar-refractivity contribution is 0.0278. The zero-order valence-corrected chi connectivity index (χ0v) is 11.2. The summed E-state index contributed by atoms with van der Waals surface area (Å²) in [6.45, 7) is 1.87. The second-order valence-electron chi connectivity index (χ2n) is 4.91. The van der Waals surface area contributed by atoms with Gasteiger partial charge in [0.2, 0.25) is 0 Å². The number of hydrogen-bond donors (Lipinski definition) is 0. The maximum atomic E-state index is 12.0. The Balaban J connectivity index is 1.59. The van der Waals surface area contributed by atoms with Crippen molar-refractivity contribution in [3.63, 3.8) is 0 Å². The standard InChI is InChI=1S/C17H16O3/c1-12(19-17(18)14-10-6-3-7-11-14)15-16(20-15)13-8-4-2-5-9-13/h2-12,15-16H,1H3/t12-,15+,16+/m0/s1. The molecule has 3 heteroatoms. The van der Waals surface area contributed by atoms with E-state index in [1.54, 1.807) is 12.1 Å². The van der Waals surface area contributed by atoms with E-state index in [-0.39, 0.29) is 24.3 Å². The summed E-state index contributed by atoms with van der Waals surface area (Å²) in [5.74, 6) is -0.305. The molecule has 0 radical (unpaired) electrons. The second kappa shape index (κ2) is 5.47. The number of epoxide rings is 1. The van der Waals surface area contributed by atoms with Crippen LogP contribution in [0.3, 0.4) is 0 Å². The zero-order chi connectivity index (χ0) is 13.9. The van der Waals surface area contributed by atoms with E-state index in [4.69, 9.17) is 9.47 Å². The first-order valence-electron chi connectivity index (χ1n) is 6.72. The minimum Gasteiger partial charge on any atom is -0.456 e. The van der Waals surface area contributed by atoms with E-state index in [1.165, 1.54) is 0 Å². The van der Waals surface area contributed by atoms with Gasteiger partial charge >= 0.3 is 5.97 Å². The molecule has 0 N–H and O–H groups in total. The van der Waals surface area contributed by atoms with Crippen LogP contribution in [0.15, 0.2) is 60.7 Å². The molecule has 2 aromatic rings. The maximum Gasteiger partial charge on any atom is 0.338 e. The number of ether oxygens (including phenoxy) is 2. The first-order chi connectivity index (χ1) is 9.75. The van der Waals surface area contributed by atoms with Crippen LogP contribution in [-0.2, 0) is 9.47 Å². The van der Waals surface area contributed by atoms with E-state index in [1.807, 2.05) is 55.5 Å². The van der Waals surface area contributed by atoms with Gasteiger partial charge in [-0.2, -0.15) is 0 Å². The number of benzene rings is 2. The molecular formula is C17H16O3. The Morgan fingerprint density at radius 3 is 2.30 bits per heavy atom. The van der Waals surface area contributed by atoms with E-state index in [0.717, 1.165) is 5.56 Å². The van der Waals surface area contributed by atoms with Crippen LogP contribution in [0, 0.1) is 0 Å². The van der Waals surface area contributed by atoms with Crippen LogP contribution >= 0.6 is 0 Å². The largest absolute Gasteiger partial charge is 0.456 e. The molecule has 1 saturated heterocycles. The minimum absolute atomic E-state index is 0.0368. The molecule has 1 aliphatic heterocycles. The van der Waals surface area contributed by atoms with Gasteiger partial charge < -0.3 is 9.47 Å². The Bertz CT molecular complexity index is 580. The lowest BCUT2D eigenvalue weighted by Crippen LogP contribution is -2.20. The number of hydrogen-bond acceptors (Lipinski definition) is 3. The molecule has 0 unspecified atom stereocenters. The molecule has 3 rings (SSSR count). The predicted molar refractivity (Wildman–Crippen MR) is 75.4 cm³/mol. The normalized spacial score (nSPS) is 22.1. The van der Waals surface area contributed by atoms with Crippen LogP contribution < -0.4 is 0 Å². The molecule has 0 aromatic heterocycles. The topological polar surface area (TPSA) is 38.8 Å². The van der Waals surface area contributed by atoms with E-state index >= 15 is 0 Å². The lowest BCUT2D eigenvalue weighted by Gasteiger charge is -2.10. The van der Waals surface area contributed by atoms with Gasteiger partial charge in [0.25, 0.3) is 0 Å². The van der Waals surface area contributed by atoms with Crippen molar-refractivity contribution in [3.8, 4) is 0 Å². The van der Waals surface area contributed by atoms with E-state index < -0.39 is 0 Å². The van der Waals surface area contributed by atoms with Crippen molar-refractivity contribution in [2.75, 3.05) is 0 Å². The summed E-state index contributed by atoms with van der Waals surface area (Å²) in [6.07, 6.45) is -0.271. The highest BCUT2D eigenvalue weighted by Gasteiger charge is 2.45. The monoisotopic (exact) mass is 268 g/mol. The third-order valence-electron chi connectivity index (χ3n) is 3.42. The average Bonchev–Trinajstić information content (AvgIpc) is 3.29. The summed E-state index contributed by atoms with van der Waals surface area (Å²) >= 11 is 0. The van der Waals surface area contributed by atoms with Crippen LogP contribution in [0.1, 0.15) is 28.9 Å². The fourth-order valence-electron chi connectivity index (χ4n) is 2.27. The number of rotatable bonds is 4. The summed E-state index contributed by atoms with van der Waals surface area (Å²) in [5.41, 5.74) is 1.69. The Morgan fingerprint density at radius 1 is 1.05 bits per heavy atom. The van der Waals surface area contributed by atoms with Crippen molar-refractivity contribution in [3.05, 3.63) is 71.8 Å². The SMILES string of the molecule is C[C@H](OC(=O)c1ccccc1)[C@H]1O[C@@H]1c1ccccc1. The van der Waals surface area contributed by atoms with Gasteiger partial charge in [0.1, 0.15) is 18.3 Å². The van der Waals surface area contributed by atoms with Gasteiger partial charge in [-0.25, -0.2) is 4.79 Å². The highest BCUT2D eigenvalue weighted by atomic mass is 16.6. The van der Waals surface area contributed by atoms with Crippen LogP contribution in [0.25, 0.3) is 0 Å². The van der Waals surface area contributed by atoms with Gasteiger partial charge in [-0.3, -0.25) is 0 Å². The molecular weight excluding hydrogens is 252 g/mol. The number of esters is 1. The van der Waals surface area contributed by atoms with Gasteiger partial charge in [0, 0.05) is 0 Å². The Morgan fingerprint density at radius 2 is 1.65 bits per heavy atom. The summed E-state index contributed by atoms with van der Waals surface area (Å²) in [4.78, 5) is 12.0. The van der Waals surface area contributed by atoms with Gasteiger partial charge in [-0.05, 0) is 24.6 Å². The molecule has 0 spiro atoms. The van der Waals surface area contributed by atoms with Crippen molar-refractivity contribution >= 4 is 5.97 Å². The molecule has 3 atom stereocenters. The van der Waals surface area contributed by atoms with Crippen LogP contribution in [0.5, 0.6) is 0 Å². The highest BCUT2D eigenvalue weighted by Crippen LogP contribution is 2.41. The van der Waals surface area contributed by atoms with Gasteiger partial charge in [-0.1, -0.05) is 48.5 Å². The van der Waals surface area contributed by atoms with Crippen molar-refractivity contribution in [1.29, 1.82) is 0 Å². The van der Waals surface area contributed by atoms with Crippen molar-refractivity contribution in [2.45, 2.75) is 25.2 Å². The molecule has 0 amide bonds. The predicted octanol–water partition coefficient (Wildman–Crippen LogP) is 3.37. The molecule has 2 aromatic carbocycles. The molecule has 0 aliphatic carbocycles. The summed E-state index contributed by atoms with van der Waals surface area (Å²) in [7, 11) is 0. The Kier molecular flexibility index (Phi) is 3.52. The summed E-state index contributed by atoms with van der Waals surface area (Å²) < 4.78 is 11.1. The van der Waals surface area contributed by atoms with Crippen LogP contribution in [-0.4, -0.2) is 18.2 Å². The fourth-order valence-corrected chi connectivity index (χ4v) is 2.27. The molecule has 0 bridgehead atoms. The Hall–Kier alpha value is -2.13. The molecule has 1 heterocycles. The zero-order valence-electron chi connectivity index (χ0n) is 11.2. The maximum absolute atomic E-state index is 12.0. The molecule has 1 fully saturated rings. The highest BCUT2D eigenvalue weighted by molar-refractivity contribution is 5.89. The van der Waals surface area contributed by atoms with Crippen LogP contribution in [0.4, 0.5) is 0 Å².